The van der Waals surface area contributed by atoms with Crippen molar-refractivity contribution in [1.82, 2.24) is 10.2 Å². The predicted octanol–water partition coefficient (Wildman–Crippen LogP) is 0.467. The van der Waals surface area contributed by atoms with Gasteiger partial charge in [-0.15, -0.1) is 0 Å². The monoisotopic (exact) mass is 208 g/mol. The molecule has 0 spiro atoms. The van der Waals surface area contributed by atoms with Gasteiger partial charge in [-0.25, -0.2) is 0 Å². The Balaban J connectivity index is 2.70. The first-order chi connectivity index (χ1) is 7.19. The molecule has 1 aliphatic heterocycles. The van der Waals surface area contributed by atoms with Crippen LogP contribution in [0.2, 0.25) is 0 Å². The molecule has 0 atom stereocenters. The number of hydrogen-bond acceptors (Lipinski definition) is 2. The number of hydrogen-bond donors (Lipinski definition) is 1. The Morgan fingerprint density at radius 1 is 1.47 bits per heavy atom. The average molecular weight is 208 g/mol. The molecule has 1 heterocycles. The van der Waals surface area contributed by atoms with Crippen LogP contribution in [0, 0.1) is 0 Å². The van der Waals surface area contributed by atoms with Crippen LogP contribution in [0.25, 0.3) is 0 Å². The Bertz CT molecular complexity index is 319. The SMILES string of the molecule is CC=CC(=CC)C(=O)N1CCNC(=O)C1. The van der Waals surface area contributed by atoms with Gasteiger partial charge in [0.15, 0.2) is 0 Å². The van der Waals surface area contributed by atoms with Gasteiger partial charge in [0.2, 0.25) is 5.91 Å². The molecule has 15 heavy (non-hydrogen) atoms. The molecule has 0 bridgehead atoms. The van der Waals surface area contributed by atoms with E-state index >= 15 is 0 Å². The van der Waals surface area contributed by atoms with Crippen LogP contribution >= 0.6 is 0 Å². The highest BCUT2D eigenvalue weighted by Crippen LogP contribution is 2.05. The van der Waals surface area contributed by atoms with Gasteiger partial charge in [-0.3, -0.25) is 9.59 Å². The van der Waals surface area contributed by atoms with E-state index in [1.165, 1.54) is 0 Å². The second-order valence-corrected chi connectivity index (χ2v) is 3.32. The molecule has 82 valence electrons. The summed E-state index contributed by atoms with van der Waals surface area (Å²) in [6, 6.07) is 0. The number of nitrogens with zero attached hydrogens (tertiary/aromatic N) is 1. The first-order valence-corrected chi connectivity index (χ1v) is 5.04. The van der Waals surface area contributed by atoms with E-state index in [2.05, 4.69) is 5.32 Å². The number of amides is 2. The number of allylic oxidation sites excluding steroid dienone is 2. The topological polar surface area (TPSA) is 49.4 Å². The predicted molar refractivity (Wildman–Crippen MR) is 58.2 cm³/mol. The molecule has 4 nitrogen and oxygen atoms in total. The lowest BCUT2D eigenvalue weighted by Crippen LogP contribution is -2.50. The van der Waals surface area contributed by atoms with E-state index in [1.54, 1.807) is 17.1 Å². The molecule has 0 aromatic rings. The van der Waals surface area contributed by atoms with Crippen molar-refractivity contribution >= 4 is 11.8 Å². The fraction of sp³-hybridized carbons (Fsp3) is 0.455. The molecular weight excluding hydrogens is 192 g/mol. The Morgan fingerprint density at radius 3 is 2.73 bits per heavy atom. The van der Waals surface area contributed by atoms with Gasteiger partial charge in [-0.05, 0) is 13.8 Å². The van der Waals surface area contributed by atoms with Crippen LogP contribution < -0.4 is 5.32 Å². The zero-order valence-corrected chi connectivity index (χ0v) is 9.12. The maximum absolute atomic E-state index is 11.9. The van der Waals surface area contributed by atoms with Crippen LogP contribution in [0.1, 0.15) is 13.8 Å². The quantitative estimate of drug-likeness (QED) is 0.529. The molecule has 1 N–H and O–H groups in total. The summed E-state index contributed by atoms with van der Waals surface area (Å²) in [4.78, 5) is 24.6. The Kier molecular flexibility index (Phi) is 4.09. The minimum atomic E-state index is -0.0921. The van der Waals surface area contributed by atoms with Crippen LogP contribution in [0.3, 0.4) is 0 Å². The maximum Gasteiger partial charge on any atom is 0.254 e. The minimum Gasteiger partial charge on any atom is -0.353 e. The van der Waals surface area contributed by atoms with Crippen LogP contribution in [-0.2, 0) is 9.59 Å². The number of piperazine rings is 1. The lowest BCUT2D eigenvalue weighted by molar-refractivity contribution is -0.135. The van der Waals surface area contributed by atoms with E-state index in [0.29, 0.717) is 18.7 Å². The van der Waals surface area contributed by atoms with E-state index in [9.17, 15) is 9.59 Å². The number of nitrogens with one attached hydrogen (secondary N) is 1. The van der Waals surface area contributed by atoms with Gasteiger partial charge in [0.05, 0.1) is 6.54 Å². The molecule has 0 aromatic carbocycles. The highest BCUT2D eigenvalue weighted by atomic mass is 16.2. The number of rotatable bonds is 2. The van der Waals surface area contributed by atoms with Crippen molar-refractivity contribution < 1.29 is 9.59 Å². The van der Waals surface area contributed by atoms with Gasteiger partial charge in [0, 0.05) is 18.7 Å². The molecule has 1 aliphatic rings. The van der Waals surface area contributed by atoms with Gasteiger partial charge < -0.3 is 10.2 Å². The minimum absolute atomic E-state index is 0.0783. The Morgan fingerprint density at radius 2 is 2.20 bits per heavy atom. The van der Waals surface area contributed by atoms with Gasteiger partial charge in [-0.2, -0.15) is 0 Å². The van der Waals surface area contributed by atoms with E-state index in [-0.39, 0.29) is 18.4 Å². The van der Waals surface area contributed by atoms with E-state index < -0.39 is 0 Å². The summed E-state index contributed by atoms with van der Waals surface area (Å²) in [5.41, 5.74) is 0.632. The molecule has 1 rings (SSSR count). The maximum atomic E-state index is 11.9. The van der Waals surface area contributed by atoms with Gasteiger partial charge >= 0.3 is 0 Å². The highest BCUT2D eigenvalue weighted by molar-refractivity contribution is 5.98. The fourth-order valence-corrected chi connectivity index (χ4v) is 1.47. The van der Waals surface area contributed by atoms with Crippen LogP contribution in [0.4, 0.5) is 0 Å². The largest absolute Gasteiger partial charge is 0.353 e. The zero-order chi connectivity index (χ0) is 11.3. The average Bonchev–Trinajstić information content (AvgIpc) is 2.25. The van der Waals surface area contributed by atoms with Gasteiger partial charge in [-0.1, -0.05) is 18.2 Å². The summed E-state index contributed by atoms with van der Waals surface area (Å²) in [6.07, 6.45) is 5.33. The summed E-state index contributed by atoms with van der Waals surface area (Å²) < 4.78 is 0. The van der Waals surface area contributed by atoms with E-state index in [0.717, 1.165) is 0 Å². The third-order valence-electron chi connectivity index (χ3n) is 2.23. The standard InChI is InChI=1S/C11H16N2O2/c1-3-5-9(4-2)11(15)13-7-6-12-10(14)8-13/h3-5H,6-8H2,1-2H3,(H,12,14). The van der Waals surface area contributed by atoms with Crippen molar-refractivity contribution in [2.45, 2.75) is 13.8 Å². The lowest BCUT2D eigenvalue weighted by Gasteiger charge is -2.26. The van der Waals surface area contributed by atoms with Crippen LogP contribution in [0.5, 0.6) is 0 Å². The molecule has 1 saturated heterocycles. The molecule has 0 aromatic heterocycles. The third kappa shape index (κ3) is 2.94. The molecule has 2 amide bonds. The molecule has 0 unspecified atom stereocenters. The Hall–Kier alpha value is -1.58. The normalized spacial score (nSPS) is 18.1. The lowest BCUT2D eigenvalue weighted by atomic mass is 10.2. The summed E-state index contributed by atoms with van der Waals surface area (Å²) >= 11 is 0. The van der Waals surface area contributed by atoms with Crippen molar-refractivity contribution in [3.63, 3.8) is 0 Å². The van der Waals surface area contributed by atoms with Crippen molar-refractivity contribution in [3.05, 3.63) is 23.8 Å². The molecule has 0 radical (unpaired) electrons. The first kappa shape index (κ1) is 11.5. The summed E-state index contributed by atoms with van der Waals surface area (Å²) in [5, 5.41) is 2.69. The molecule has 1 fully saturated rings. The third-order valence-corrected chi connectivity index (χ3v) is 2.23. The van der Waals surface area contributed by atoms with Crippen LogP contribution in [0.15, 0.2) is 23.8 Å². The zero-order valence-electron chi connectivity index (χ0n) is 9.12. The second-order valence-electron chi connectivity index (χ2n) is 3.32. The number of carbonyl (C=O) groups excluding carboxylic acids is 2. The summed E-state index contributed by atoms with van der Waals surface area (Å²) in [5.74, 6) is -0.170. The number of carbonyl (C=O) groups is 2. The summed E-state index contributed by atoms with van der Waals surface area (Å²) in [7, 11) is 0. The van der Waals surface area contributed by atoms with Gasteiger partial charge in [0.25, 0.3) is 5.91 Å². The van der Waals surface area contributed by atoms with E-state index in [4.69, 9.17) is 0 Å². The molecular formula is C11H16N2O2. The highest BCUT2D eigenvalue weighted by Gasteiger charge is 2.22. The van der Waals surface area contributed by atoms with Crippen molar-refractivity contribution in [1.29, 1.82) is 0 Å². The van der Waals surface area contributed by atoms with Crippen molar-refractivity contribution in [2.24, 2.45) is 0 Å². The first-order valence-electron chi connectivity index (χ1n) is 5.04. The Labute approximate surface area is 89.6 Å². The molecule has 4 heteroatoms. The smallest absolute Gasteiger partial charge is 0.254 e. The molecule has 0 aliphatic carbocycles. The van der Waals surface area contributed by atoms with E-state index in [1.807, 2.05) is 19.9 Å². The fourth-order valence-electron chi connectivity index (χ4n) is 1.47. The van der Waals surface area contributed by atoms with Gasteiger partial charge in [0.1, 0.15) is 0 Å². The van der Waals surface area contributed by atoms with Crippen LogP contribution in [-0.4, -0.2) is 36.3 Å². The van der Waals surface area contributed by atoms with Crippen molar-refractivity contribution in [2.75, 3.05) is 19.6 Å². The summed E-state index contributed by atoms with van der Waals surface area (Å²) in [6.45, 7) is 4.96. The molecule has 0 saturated carbocycles. The second kappa shape index (κ2) is 5.34. The van der Waals surface area contributed by atoms with Crippen molar-refractivity contribution in [3.8, 4) is 0 Å².